The normalized spacial score (nSPS) is 16.2. The molecule has 0 aromatic heterocycles. The minimum atomic E-state index is -0.336. The van der Waals surface area contributed by atoms with Gasteiger partial charge in [0.05, 0.1) is 24.8 Å². The Hall–Kier alpha value is -2.08. The van der Waals surface area contributed by atoms with Crippen molar-refractivity contribution in [2.24, 2.45) is 0 Å². The summed E-state index contributed by atoms with van der Waals surface area (Å²) >= 11 is 5.27. The molecule has 1 atom stereocenters. The van der Waals surface area contributed by atoms with Gasteiger partial charge in [0, 0.05) is 5.70 Å². The molecular formula is C23H34N2O3S. The monoisotopic (exact) mass is 418 g/mol. The number of hydrogen-bond donors (Lipinski definition) is 2. The van der Waals surface area contributed by atoms with Crippen molar-refractivity contribution < 1.29 is 14.3 Å². The average Bonchev–Trinajstić information content (AvgIpc) is 2.70. The molecule has 1 aliphatic heterocycles. The number of hydrogen-bond acceptors (Lipinski definition) is 4. The highest BCUT2D eigenvalue weighted by Crippen LogP contribution is 2.29. The Labute approximate surface area is 180 Å². The Morgan fingerprint density at radius 2 is 1.69 bits per heavy atom. The van der Waals surface area contributed by atoms with Gasteiger partial charge in [-0.1, -0.05) is 57.6 Å². The van der Waals surface area contributed by atoms with Gasteiger partial charge < -0.3 is 20.1 Å². The lowest BCUT2D eigenvalue weighted by Gasteiger charge is -2.29. The molecule has 1 aliphatic rings. The third-order valence-corrected chi connectivity index (χ3v) is 5.21. The molecule has 1 aromatic carbocycles. The first-order valence-corrected chi connectivity index (χ1v) is 11.2. The van der Waals surface area contributed by atoms with Crippen LogP contribution in [0.5, 0.6) is 5.75 Å². The number of rotatable bonds is 12. The van der Waals surface area contributed by atoms with Gasteiger partial charge in [-0.3, -0.25) is 0 Å². The van der Waals surface area contributed by atoms with E-state index in [-0.39, 0.29) is 12.0 Å². The molecule has 5 nitrogen and oxygen atoms in total. The van der Waals surface area contributed by atoms with Gasteiger partial charge in [-0.25, -0.2) is 4.79 Å². The van der Waals surface area contributed by atoms with E-state index in [1.54, 1.807) is 6.92 Å². The summed E-state index contributed by atoms with van der Waals surface area (Å²) in [5, 5.41) is 6.68. The van der Waals surface area contributed by atoms with E-state index in [9.17, 15) is 4.79 Å². The second kappa shape index (κ2) is 12.5. The molecule has 0 aliphatic carbocycles. The number of carbonyl (C=O) groups is 1. The topological polar surface area (TPSA) is 59.6 Å². The number of esters is 1. The molecule has 29 heavy (non-hydrogen) atoms. The number of allylic oxidation sites excluding steroid dienone is 1. The third-order valence-electron chi connectivity index (χ3n) is 4.99. The van der Waals surface area contributed by atoms with Gasteiger partial charge in [-0.15, -0.1) is 0 Å². The maximum absolute atomic E-state index is 12.4. The molecule has 0 saturated heterocycles. The Morgan fingerprint density at radius 3 is 2.34 bits per heavy atom. The van der Waals surface area contributed by atoms with Gasteiger partial charge in [-0.05, 0) is 50.2 Å². The van der Waals surface area contributed by atoms with E-state index in [0.29, 0.717) is 17.3 Å². The molecule has 0 amide bonds. The SMILES string of the molecule is CCCCCCCCCOc1ccc([C@H]2NC(=S)NC(C)=C2C(=O)OCC)cc1. The quantitative estimate of drug-likeness (QED) is 0.277. The van der Waals surface area contributed by atoms with Crippen LogP contribution in [0.25, 0.3) is 0 Å². The van der Waals surface area contributed by atoms with E-state index >= 15 is 0 Å². The van der Waals surface area contributed by atoms with Gasteiger partial charge in [0.25, 0.3) is 0 Å². The maximum atomic E-state index is 12.4. The van der Waals surface area contributed by atoms with Crippen LogP contribution in [0.2, 0.25) is 0 Å². The highest BCUT2D eigenvalue weighted by Gasteiger charge is 2.30. The van der Waals surface area contributed by atoms with E-state index in [4.69, 9.17) is 21.7 Å². The van der Waals surface area contributed by atoms with Gasteiger partial charge in [0.1, 0.15) is 5.75 Å². The molecule has 6 heteroatoms. The fourth-order valence-electron chi connectivity index (χ4n) is 3.43. The molecule has 0 fully saturated rings. The van der Waals surface area contributed by atoms with Crippen molar-refractivity contribution in [2.75, 3.05) is 13.2 Å². The molecule has 0 radical (unpaired) electrons. The number of carbonyl (C=O) groups excluding carboxylic acids is 1. The van der Waals surface area contributed by atoms with Crippen LogP contribution in [0.1, 0.15) is 77.3 Å². The van der Waals surface area contributed by atoms with Crippen LogP contribution in [0.3, 0.4) is 0 Å². The molecule has 160 valence electrons. The lowest BCUT2D eigenvalue weighted by Crippen LogP contribution is -2.45. The van der Waals surface area contributed by atoms with E-state index in [1.165, 1.54) is 38.5 Å². The van der Waals surface area contributed by atoms with Crippen LogP contribution < -0.4 is 15.4 Å². The molecule has 0 saturated carbocycles. The van der Waals surface area contributed by atoms with Gasteiger partial charge in [-0.2, -0.15) is 0 Å². The lowest BCUT2D eigenvalue weighted by atomic mass is 9.95. The van der Waals surface area contributed by atoms with E-state index in [1.807, 2.05) is 31.2 Å². The second-order valence-corrected chi connectivity index (χ2v) is 7.74. The summed E-state index contributed by atoms with van der Waals surface area (Å²) in [7, 11) is 0. The molecule has 0 spiro atoms. The molecule has 0 unspecified atom stereocenters. The van der Waals surface area contributed by atoms with E-state index in [2.05, 4.69) is 17.6 Å². The van der Waals surface area contributed by atoms with Crippen LogP contribution in [-0.4, -0.2) is 24.3 Å². The molecule has 2 N–H and O–H groups in total. The summed E-state index contributed by atoms with van der Waals surface area (Å²) in [5.74, 6) is 0.506. The largest absolute Gasteiger partial charge is 0.494 e. The molecular weight excluding hydrogens is 384 g/mol. The summed E-state index contributed by atoms with van der Waals surface area (Å²) < 4.78 is 11.1. The zero-order chi connectivity index (χ0) is 21.1. The minimum Gasteiger partial charge on any atom is -0.494 e. The molecule has 2 rings (SSSR count). The predicted molar refractivity (Wildman–Crippen MR) is 121 cm³/mol. The first-order valence-electron chi connectivity index (χ1n) is 10.7. The van der Waals surface area contributed by atoms with Gasteiger partial charge >= 0.3 is 5.97 Å². The highest BCUT2D eigenvalue weighted by atomic mass is 32.1. The Bertz CT molecular complexity index is 701. The van der Waals surface area contributed by atoms with Crippen molar-refractivity contribution in [2.45, 2.75) is 71.8 Å². The highest BCUT2D eigenvalue weighted by molar-refractivity contribution is 7.80. The van der Waals surface area contributed by atoms with E-state index < -0.39 is 0 Å². The standard InChI is InChI=1S/C23H34N2O3S/c1-4-6-7-8-9-10-11-16-28-19-14-12-18(13-15-19)21-20(22(26)27-5-2)17(3)24-23(29)25-21/h12-15,21H,4-11,16H2,1-3H3,(H2,24,25,29)/t21-/m1/s1. The molecule has 1 aromatic rings. The lowest BCUT2D eigenvalue weighted by molar-refractivity contribution is -0.139. The maximum Gasteiger partial charge on any atom is 0.338 e. The predicted octanol–water partition coefficient (Wildman–Crippen LogP) is 5.17. The Kier molecular flexibility index (Phi) is 9.98. The molecule has 0 bridgehead atoms. The summed E-state index contributed by atoms with van der Waals surface area (Å²) in [4.78, 5) is 12.4. The number of unbranched alkanes of at least 4 members (excludes halogenated alkanes) is 6. The number of thiocarbonyl (C=S) groups is 1. The zero-order valence-corrected chi connectivity index (χ0v) is 18.7. The Morgan fingerprint density at radius 1 is 1.03 bits per heavy atom. The third kappa shape index (κ3) is 7.35. The zero-order valence-electron chi connectivity index (χ0n) is 17.9. The van der Waals surface area contributed by atoms with Crippen LogP contribution in [0.4, 0.5) is 0 Å². The van der Waals surface area contributed by atoms with Crippen molar-refractivity contribution in [1.29, 1.82) is 0 Å². The van der Waals surface area contributed by atoms with Crippen molar-refractivity contribution >= 4 is 23.3 Å². The van der Waals surface area contributed by atoms with Crippen molar-refractivity contribution in [3.05, 3.63) is 41.1 Å². The van der Waals surface area contributed by atoms with Crippen molar-refractivity contribution in [3.63, 3.8) is 0 Å². The van der Waals surface area contributed by atoms with Crippen LogP contribution >= 0.6 is 12.2 Å². The van der Waals surface area contributed by atoms with Crippen molar-refractivity contribution in [1.82, 2.24) is 10.6 Å². The fraction of sp³-hybridized carbons (Fsp3) is 0.565. The minimum absolute atomic E-state index is 0.332. The van der Waals surface area contributed by atoms with Gasteiger partial charge in [0.15, 0.2) is 5.11 Å². The number of nitrogens with one attached hydrogen (secondary N) is 2. The van der Waals surface area contributed by atoms with E-state index in [0.717, 1.165) is 30.0 Å². The van der Waals surface area contributed by atoms with Crippen LogP contribution in [0.15, 0.2) is 35.5 Å². The smallest absolute Gasteiger partial charge is 0.338 e. The van der Waals surface area contributed by atoms with Gasteiger partial charge in [0.2, 0.25) is 0 Å². The fourth-order valence-corrected chi connectivity index (χ4v) is 3.70. The number of benzene rings is 1. The number of ether oxygens (including phenoxy) is 2. The first kappa shape index (κ1) is 23.2. The Balaban J connectivity index is 1.90. The summed E-state index contributed by atoms with van der Waals surface area (Å²) in [5.41, 5.74) is 2.22. The summed E-state index contributed by atoms with van der Waals surface area (Å²) in [6.07, 6.45) is 8.86. The van der Waals surface area contributed by atoms with Crippen LogP contribution in [-0.2, 0) is 9.53 Å². The second-order valence-electron chi connectivity index (χ2n) is 7.33. The average molecular weight is 419 g/mol. The first-order chi connectivity index (χ1) is 14.1. The summed E-state index contributed by atoms with van der Waals surface area (Å²) in [6, 6.07) is 7.50. The van der Waals surface area contributed by atoms with Crippen molar-refractivity contribution in [3.8, 4) is 5.75 Å². The summed E-state index contributed by atoms with van der Waals surface area (Å²) in [6.45, 7) is 6.94. The molecule has 1 heterocycles. The van der Waals surface area contributed by atoms with Crippen LogP contribution in [0, 0.1) is 0 Å².